The summed E-state index contributed by atoms with van der Waals surface area (Å²) in [6.45, 7) is 6.66. The van der Waals surface area contributed by atoms with Gasteiger partial charge >= 0.3 is 5.97 Å². The summed E-state index contributed by atoms with van der Waals surface area (Å²) in [6, 6.07) is 3.66. The fraction of sp³-hybridized carbons (Fsp3) is 0.647. The van der Waals surface area contributed by atoms with Crippen molar-refractivity contribution < 1.29 is 9.53 Å². The zero-order valence-electron chi connectivity index (χ0n) is 13.8. The summed E-state index contributed by atoms with van der Waals surface area (Å²) >= 11 is 1.39. The number of thioether (sulfide) groups is 1. The first kappa shape index (κ1) is 18.8. The monoisotopic (exact) mass is 325 g/mol. The van der Waals surface area contributed by atoms with Gasteiger partial charge in [0.2, 0.25) is 0 Å². The maximum absolute atomic E-state index is 11.7. The number of rotatable bonds is 10. The van der Waals surface area contributed by atoms with Crippen molar-refractivity contribution in [1.82, 2.24) is 4.98 Å². The quantitative estimate of drug-likeness (QED) is 0.523. The molecule has 1 aromatic heterocycles. The molecule has 0 radical (unpaired) electrons. The Labute approximate surface area is 137 Å². The Kier molecular flexibility index (Phi) is 8.97. The molecule has 1 unspecified atom stereocenters. The van der Waals surface area contributed by atoms with E-state index in [1.165, 1.54) is 24.6 Å². The molecular weight excluding hydrogens is 298 g/mol. The summed E-state index contributed by atoms with van der Waals surface area (Å²) in [5.41, 5.74) is 0.746. The second-order valence-corrected chi connectivity index (χ2v) is 6.67. The smallest absolute Gasteiger partial charge is 0.306 e. The largest absolute Gasteiger partial charge is 0.465 e. The van der Waals surface area contributed by atoms with E-state index in [9.17, 15) is 9.59 Å². The lowest BCUT2D eigenvalue weighted by Gasteiger charge is -2.14. The van der Waals surface area contributed by atoms with Gasteiger partial charge in [-0.15, -0.1) is 11.8 Å². The van der Waals surface area contributed by atoms with Crippen LogP contribution >= 0.6 is 11.8 Å². The van der Waals surface area contributed by atoms with Gasteiger partial charge in [0.1, 0.15) is 0 Å². The van der Waals surface area contributed by atoms with E-state index in [1.54, 1.807) is 6.07 Å². The van der Waals surface area contributed by atoms with Gasteiger partial charge in [0.05, 0.1) is 17.9 Å². The maximum Gasteiger partial charge on any atom is 0.306 e. The van der Waals surface area contributed by atoms with Crippen molar-refractivity contribution in [2.45, 2.75) is 57.8 Å². The fourth-order valence-electron chi connectivity index (χ4n) is 2.10. The van der Waals surface area contributed by atoms with Gasteiger partial charge in [-0.3, -0.25) is 9.59 Å². The number of aromatic nitrogens is 1. The van der Waals surface area contributed by atoms with Crippen LogP contribution in [0, 0.1) is 12.8 Å². The molecule has 0 aliphatic carbocycles. The highest BCUT2D eigenvalue weighted by molar-refractivity contribution is 7.99. The Morgan fingerprint density at radius 3 is 2.77 bits per heavy atom. The summed E-state index contributed by atoms with van der Waals surface area (Å²) in [7, 11) is 0. The van der Waals surface area contributed by atoms with Crippen LogP contribution in [0.5, 0.6) is 0 Å². The normalized spacial score (nSPS) is 12.1. The minimum atomic E-state index is -0.175. The molecule has 1 aromatic rings. The van der Waals surface area contributed by atoms with E-state index < -0.39 is 0 Å². The second-order valence-electron chi connectivity index (χ2n) is 5.53. The number of hydrogen-bond donors (Lipinski definition) is 1. The van der Waals surface area contributed by atoms with Crippen LogP contribution in [0.3, 0.4) is 0 Å². The first-order chi connectivity index (χ1) is 10.6. The number of carbonyl (C=O) groups is 1. The van der Waals surface area contributed by atoms with Crippen LogP contribution in [0.15, 0.2) is 21.8 Å². The zero-order valence-corrected chi connectivity index (χ0v) is 14.6. The fourth-order valence-corrected chi connectivity index (χ4v) is 2.93. The highest BCUT2D eigenvalue weighted by Gasteiger charge is 2.10. The number of hydrogen-bond acceptors (Lipinski definition) is 4. The average Bonchev–Trinajstić information content (AvgIpc) is 2.49. The average molecular weight is 325 g/mol. The third-order valence-corrected chi connectivity index (χ3v) is 4.65. The lowest BCUT2D eigenvalue weighted by Crippen LogP contribution is -2.14. The molecule has 1 N–H and O–H groups in total. The number of nitrogens with one attached hydrogen (secondary N) is 1. The first-order valence-corrected chi connectivity index (χ1v) is 9.03. The van der Waals surface area contributed by atoms with Gasteiger partial charge in [-0.1, -0.05) is 33.1 Å². The Bertz CT molecular complexity index is 513. The minimum Gasteiger partial charge on any atom is -0.465 e. The molecule has 0 spiro atoms. The number of pyridine rings is 1. The van der Waals surface area contributed by atoms with Gasteiger partial charge in [-0.25, -0.2) is 0 Å². The molecular formula is C17H27NO3S. The standard InChI is InChI=1S/C17H27NO3S/c1-4-6-7-14(5-2)12-21-16(19)10-11-22-15-9-8-13(3)18-17(15)20/h8-9,14H,4-7,10-12H2,1-3H3,(H,18,20). The van der Waals surface area contributed by atoms with E-state index in [-0.39, 0.29) is 11.5 Å². The van der Waals surface area contributed by atoms with E-state index in [1.807, 2.05) is 13.0 Å². The van der Waals surface area contributed by atoms with E-state index in [2.05, 4.69) is 18.8 Å². The summed E-state index contributed by atoms with van der Waals surface area (Å²) < 4.78 is 5.34. The predicted molar refractivity (Wildman–Crippen MR) is 91.4 cm³/mol. The molecule has 1 atom stereocenters. The van der Waals surface area contributed by atoms with Crippen molar-refractivity contribution in [3.05, 3.63) is 28.2 Å². The molecule has 0 bridgehead atoms. The number of ether oxygens (including phenoxy) is 1. The molecule has 5 heteroatoms. The number of aryl methyl sites for hydroxylation is 1. The van der Waals surface area contributed by atoms with Crippen molar-refractivity contribution >= 4 is 17.7 Å². The van der Waals surface area contributed by atoms with Crippen molar-refractivity contribution in [1.29, 1.82) is 0 Å². The Hall–Kier alpha value is -1.23. The number of unbranched alkanes of at least 4 members (excludes halogenated alkanes) is 1. The number of esters is 1. The highest BCUT2D eigenvalue weighted by atomic mass is 32.2. The van der Waals surface area contributed by atoms with Crippen molar-refractivity contribution in [2.24, 2.45) is 5.92 Å². The van der Waals surface area contributed by atoms with Crippen LogP contribution in [-0.2, 0) is 9.53 Å². The van der Waals surface area contributed by atoms with Crippen molar-refractivity contribution in [3.63, 3.8) is 0 Å². The Morgan fingerprint density at radius 1 is 1.36 bits per heavy atom. The molecule has 0 aliphatic rings. The Morgan fingerprint density at radius 2 is 2.14 bits per heavy atom. The van der Waals surface area contributed by atoms with Gasteiger partial charge < -0.3 is 9.72 Å². The topological polar surface area (TPSA) is 59.2 Å². The van der Waals surface area contributed by atoms with Crippen LogP contribution in [0.25, 0.3) is 0 Å². The van der Waals surface area contributed by atoms with Crippen LogP contribution in [0.1, 0.15) is 51.6 Å². The third kappa shape index (κ3) is 7.16. The van der Waals surface area contributed by atoms with Gasteiger partial charge in [0, 0.05) is 11.4 Å². The highest BCUT2D eigenvalue weighted by Crippen LogP contribution is 2.16. The predicted octanol–water partition coefficient (Wildman–Crippen LogP) is 3.93. The lowest BCUT2D eigenvalue weighted by atomic mass is 10.0. The molecule has 0 fully saturated rings. The Balaban J connectivity index is 2.26. The molecule has 4 nitrogen and oxygen atoms in total. The minimum absolute atomic E-state index is 0.0935. The van der Waals surface area contributed by atoms with E-state index in [4.69, 9.17) is 4.74 Å². The molecule has 0 aromatic carbocycles. The van der Waals surface area contributed by atoms with Gasteiger partial charge in [0.15, 0.2) is 0 Å². The van der Waals surface area contributed by atoms with Gasteiger partial charge in [0.25, 0.3) is 5.56 Å². The molecule has 124 valence electrons. The van der Waals surface area contributed by atoms with Crippen molar-refractivity contribution in [2.75, 3.05) is 12.4 Å². The molecule has 1 heterocycles. The summed E-state index contributed by atoms with van der Waals surface area (Å²) in [4.78, 5) is 26.8. The zero-order chi connectivity index (χ0) is 16.4. The van der Waals surface area contributed by atoms with Crippen LogP contribution in [-0.4, -0.2) is 23.3 Å². The number of carbonyl (C=O) groups excluding carboxylic acids is 1. The molecule has 0 amide bonds. The molecule has 22 heavy (non-hydrogen) atoms. The van der Waals surface area contributed by atoms with Crippen LogP contribution in [0.4, 0.5) is 0 Å². The third-order valence-electron chi connectivity index (χ3n) is 3.61. The van der Waals surface area contributed by atoms with Crippen molar-refractivity contribution in [3.8, 4) is 0 Å². The van der Waals surface area contributed by atoms with Crippen LogP contribution in [0.2, 0.25) is 0 Å². The van der Waals surface area contributed by atoms with E-state index in [0.717, 1.165) is 18.5 Å². The summed E-state index contributed by atoms with van der Waals surface area (Å²) in [5, 5.41) is 0. The van der Waals surface area contributed by atoms with E-state index >= 15 is 0 Å². The second kappa shape index (κ2) is 10.5. The molecule has 1 rings (SSSR count). The first-order valence-electron chi connectivity index (χ1n) is 8.05. The van der Waals surface area contributed by atoms with E-state index in [0.29, 0.717) is 29.6 Å². The lowest BCUT2D eigenvalue weighted by molar-refractivity contribution is -0.144. The van der Waals surface area contributed by atoms with Gasteiger partial charge in [-0.2, -0.15) is 0 Å². The van der Waals surface area contributed by atoms with Crippen LogP contribution < -0.4 is 5.56 Å². The number of aromatic amines is 1. The summed E-state index contributed by atoms with van der Waals surface area (Å²) in [5.74, 6) is 0.860. The molecule has 0 saturated carbocycles. The molecule has 0 saturated heterocycles. The molecule has 0 aliphatic heterocycles. The van der Waals surface area contributed by atoms with Gasteiger partial charge in [-0.05, 0) is 31.4 Å². The maximum atomic E-state index is 11.7. The summed E-state index contributed by atoms with van der Waals surface area (Å²) in [6.07, 6.45) is 4.85. The SMILES string of the molecule is CCCCC(CC)COC(=O)CCSc1ccc(C)[nH]c1=O. The number of H-pyrrole nitrogens is 1.